The number of carbonyl (C=O) groups excluding carboxylic acids is 2. The second kappa shape index (κ2) is 12.9. The van der Waals surface area contributed by atoms with E-state index in [2.05, 4.69) is 5.10 Å². The van der Waals surface area contributed by atoms with Crippen molar-refractivity contribution in [3.63, 3.8) is 0 Å². The van der Waals surface area contributed by atoms with Gasteiger partial charge in [0.15, 0.2) is 5.71 Å². The highest BCUT2D eigenvalue weighted by Gasteiger charge is 2.37. The molecule has 4 rings (SSSR count). The standard InChI is InChI=1S/C30H21Cl3N4O5/c1-3-42-30(41)25-21(29(40)37(35-25)26-23(32)14-18(31)15-24(26)33)13-9-5-8-12-20-17(2)22(16-34)28(39)36(27(20)38)19-10-6-4-7-11-19/h4-15,38H,3H2,1-2H3. The predicted octanol–water partition coefficient (Wildman–Crippen LogP) is 6.15. The summed E-state index contributed by atoms with van der Waals surface area (Å²) in [7, 11) is 0. The van der Waals surface area contributed by atoms with Crippen molar-refractivity contribution in [1.29, 1.82) is 5.26 Å². The summed E-state index contributed by atoms with van der Waals surface area (Å²) >= 11 is 18.5. The Bertz CT molecular complexity index is 1800. The van der Waals surface area contributed by atoms with Gasteiger partial charge in [-0.25, -0.2) is 9.36 Å². The molecule has 0 saturated carbocycles. The number of hydrogen-bond donors (Lipinski definition) is 1. The molecule has 2 heterocycles. The molecule has 212 valence electrons. The first-order valence-corrected chi connectivity index (χ1v) is 13.5. The molecular formula is C30H21Cl3N4O5. The van der Waals surface area contributed by atoms with Crippen LogP contribution in [0.1, 0.15) is 23.6 Å². The van der Waals surface area contributed by atoms with Crippen LogP contribution >= 0.6 is 34.8 Å². The van der Waals surface area contributed by atoms with Crippen LogP contribution in [0.3, 0.4) is 0 Å². The van der Waals surface area contributed by atoms with Crippen LogP contribution < -0.4 is 10.6 Å². The molecule has 42 heavy (non-hydrogen) atoms. The highest BCUT2D eigenvalue weighted by molar-refractivity contribution is 6.54. The molecule has 1 aromatic heterocycles. The number of esters is 1. The van der Waals surface area contributed by atoms with Gasteiger partial charge in [0.25, 0.3) is 11.5 Å². The summed E-state index contributed by atoms with van der Waals surface area (Å²) in [6.45, 7) is 3.23. The number of para-hydroxylation sites is 1. The molecule has 0 spiro atoms. The third-order valence-electron chi connectivity index (χ3n) is 6.06. The second-order valence-corrected chi connectivity index (χ2v) is 9.90. The van der Waals surface area contributed by atoms with Crippen molar-refractivity contribution in [2.24, 2.45) is 5.10 Å². The number of nitrogens with zero attached hydrogens (tertiary/aromatic N) is 4. The Morgan fingerprint density at radius 3 is 2.38 bits per heavy atom. The highest BCUT2D eigenvalue weighted by atomic mass is 35.5. The van der Waals surface area contributed by atoms with Crippen LogP contribution in [0, 0.1) is 18.3 Å². The average Bonchev–Trinajstić information content (AvgIpc) is 3.26. The van der Waals surface area contributed by atoms with Crippen LogP contribution in [0.2, 0.25) is 15.1 Å². The van der Waals surface area contributed by atoms with Gasteiger partial charge < -0.3 is 9.84 Å². The largest absolute Gasteiger partial charge is 0.494 e. The van der Waals surface area contributed by atoms with Crippen molar-refractivity contribution < 1.29 is 19.4 Å². The topological polar surface area (TPSA) is 125 Å². The number of benzene rings is 2. The number of halogens is 3. The molecular weight excluding hydrogens is 603 g/mol. The molecule has 3 aromatic rings. The van der Waals surface area contributed by atoms with E-state index >= 15 is 0 Å². The molecule has 0 atom stereocenters. The molecule has 0 bridgehead atoms. The lowest BCUT2D eigenvalue weighted by Crippen LogP contribution is -2.23. The molecule has 1 N–H and O–H groups in total. The molecule has 1 aliphatic heterocycles. The molecule has 2 aromatic carbocycles. The molecule has 0 fully saturated rings. The third-order valence-corrected chi connectivity index (χ3v) is 6.86. The minimum atomic E-state index is -0.822. The van der Waals surface area contributed by atoms with Gasteiger partial charge in [-0.05, 0) is 55.8 Å². The fourth-order valence-corrected chi connectivity index (χ4v) is 5.09. The number of anilines is 1. The van der Waals surface area contributed by atoms with Crippen molar-refractivity contribution >= 4 is 64.2 Å². The Labute approximate surface area is 255 Å². The van der Waals surface area contributed by atoms with Crippen LogP contribution in [0.15, 0.2) is 82.2 Å². The predicted molar refractivity (Wildman–Crippen MR) is 162 cm³/mol. The monoisotopic (exact) mass is 622 g/mol. The van der Waals surface area contributed by atoms with Crippen molar-refractivity contribution in [2.45, 2.75) is 13.8 Å². The highest BCUT2D eigenvalue weighted by Crippen LogP contribution is 2.39. The number of carbonyl (C=O) groups is 2. The van der Waals surface area contributed by atoms with E-state index < -0.39 is 17.4 Å². The zero-order chi connectivity index (χ0) is 30.6. The van der Waals surface area contributed by atoms with Gasteiger partial charge in [-0.15, -0.1) is 0 Å². The van der Waals surface area contributed by atoms with Crippen LogP contribution in [-0.4, -0.2) is 33.9 Å². The summed E-state index contributed by atoms with van der Waals surface area (Å²) in [6, 6.07) is 13.1. The number of amides is 1. The van der Waals surface area contributed by atoms with Gasteiger partial charge in [0.05, 0.1) is 27.9 Å². The van der Waals surface area contributed by atoms with Gasteiger partial charge in [-0.3, -0.25) is 9.59 Å². The number of rotatable bonds is 7. The maximum absolute atomic E-state index is 13.3. The van der Waals surface area contributed by atoms with Gasteiger partial charge >= 0.3 is 5.97 Å². The quantitative estimate of drug-likeness (QED) is 0.191. The van der Waals surface area contributed by atoms with Crippen LogP contribution in [-0.2, 0) is 14.3 Å². The van der Waals surface area contributed by atoms with E-state index in [1.165, 1.54) is 42.5 Å². The lowest BCUT2D eigenvalue weighted by atomic mass is 10.0. The average molecular weight is 624 g/mol. The van der Waals surface area contributed by atoms with E-state index in [1.54, 1.807) is 44.2 Å². The summed E-state index contributed by atoms with van der Waals surface area (Å²) in [5.74, 6) is -1.85. The maximum atomic E-state index is 13.3. The van der Waals surface area contributed by atoms with Gasteiger partial charge in [-0.2, -0.15) is 15.4 Å². The SMILES string of the molecule is CCOC(=O)C1=NN(c2c(Cl)cc(Cl)cc2Cl)C(=O)C1=CC=CC=Cc1c(C)c(C#N)c(=O)n(-c2ccccc2)c1O. The van der Waals surface area contributed by atoms with Gasteiger partial charge in [0.1, 0.15) is 17.3 Å². The lowest BCUT2D eigenvalue weighted by Gasteiger charge is -2.15. The fraction of sp³-hybridized carbons (Fsp3) is 0.100. The molecule has 0 radical (unpaired) electrons. The number of hydrazone groups is 1. The van der Waals surface area contributed by atoms with Gasteiger partial charge in [-0.1, -0.05) is 71.2 Å². The number of allylic oxidation sites excluding steroid dienone is 4. The van der Waals surface area contributed by atoms with E-state index in [4.69, 9.17) is 39.5 Å². The maximum Gasteiger partial charge on any atom is 0.359 e. The Morgan fingerprint density at radius 2 is 1.76 bits per heavy atom. The summed E-state index contributed by atoms with van der Waals surface area (Å²) in [5.41, 5.74) is -0.109. The van der Waals surface area contributed by atoms with Crippen LogP contribution in [0.5, 0.6) is 5.88 Å². The van der Waals surface area contributed by atoms with E-state index in [9.17, 15) is 24.8 Å². The van der Waals surface area contributed by atoms with Crippen LogP contribution in [0.25, 0.3) is 11.8 Å². The Morgan fingerprint density at radius 1 is 1.10 bits per heavy atom. The minimum absolute atomic E-state index is 0.0506. The smallest absolute Gasteiger partial charge is 0.359 e. The summed E-state index contributed by atoms with van der Waals surface area (Å²) < 4.78 is 6.12. The van der Waals surface area contributed by atoms with Crippen molar-refractivity contribution in [3.05, 3.63) is 114 Å². The number of aromatic nitrogens is 1. The number of hydrogen-bond acceptors (Lipinski definition) is 7. The Hall–Kier alpha value is -4.62. The summed E-state index contributed by atoms with van der Waals surface area (Å²) in [4.78, 5) is 38.8. The number of nitriles is 1. The molecule has 0 saturated heterocycles. The molecule has 0 unspecified atom stereocenters. The number of aromatic hydroxyl groups is 1. The number of ether oxygens (including phenoxy) is 1. The Kier molecular flexibility index (Phi) is 9.33. The van der Waals surface area contributed by atoms with Crippen molar-refractivity contribution in [1.82, 2.24) is 4.57 Å². The fourth-order valence-electron chi connectivity index (χ4n) is 4.11. The molecule has 1 aliphatic rings. The first kappa shape index (κ1) is 30.3. The molecule has 1 amide bonds. The molecule has 0 aliphatic carbocycles. The first-order chi connectivity index (χ1) is 20.1. The third kappa shape index (κ3) is 5.87. The van der Waals surface area contributed by atoms with E-state index in [-0.39, 0.29) is 55.7 Å². The summed E-state index contributed by atoms with van der Waals surface area (Å²) in [6.07, 6.45) is 7.40. The van der Waals surface area contributed by atoms with Crippen LogP contribution in [0.4, 0.5) is 5.69 Å². The van der Waals surface area contributed by atoms with E-state index in [0.29, 0.717) is 11.3 Å². The minimum Gasteiger partial charge on any atom is -0.494 e. The lowest BCUT2D eigenvalue weighted by molar-refractivity contribution is -0.135. The zero-order valence-corrected chi connectivity index (χ0v) is 24.4. The van der Waals surface area contributed by atoms with E-state index in [1.807, 2.05) is 6.07 Å². The van der Waals surface area contributed by atoms with Crippen molar-refractivity contribution in [2.75, 3.05) is 11.6 Å². The van der Waals surface area contributed by atoms with Gasteiger partial charge in [0, 0.05) is 10.6 Å². The zero-order valence-electron chi connectivity index (χ0n) is 22.1. The van der Waals surface area contributed by atoms with Crippen molar-refractivity contribution in [3.8, 4) is 17.6 Å². The molecule has 12 heteroatoms. The first-order valence-electron chi connectivity index (χ1n) is 12.3. The van der Waals surface area contributed by atoms with Gasteiger partial charge in [0.2, 0.25) is 5.88 Å². The second-order valence-electron chi connectivity index (χ2n) is 8.65. The summed E-state index contributed by atoms with van der Waals surface area (Å²) in [5, 5.41) is 25.9. The van der Waals surface area contributed by atoms with E-state index in [0.717, 1.165) is 9.58 Å². The molecule has 9 nitrogen and oxygen atoms in total. The Balaban J connectivity index is 1.70. The number of pyridine rings is 1. The normalized spacial score (nSPS) is 14.2.